The summed E-state index contributed by atoms with van der Waals surface area (Å²) in [7, 11) is 1.94. The number of piperazine rings is 1. The third kappa shape index (κ3) is 2.65. The summed E-state index contributed by atoms with van der Waals surface area (Å²) in [6.07, 6.45) is 4.69. The fourth-order valence-electron chi connectivity index (χ4n) is 2.76. The summed E-state index contributed by atoms with van der Waals surface area (Å²) in [4.78, 5) is 9.56. The summed E-state index contributed by atoms with van der Waals surface area (Å²) in [5.74, 6) is 1.02. The van der Waals surface area contributed by atoms with Crippen molar-refractivity contribution in [2.24, 2.45) is 0 Å². The van der Waals surface area contributed by atoms with E-state index in [1.165, 1.54) is 44.6 Å². The highest BCUT2D eigenvalue weighted by Crippen LogP contribution is 2.27. The Kier molecular flexibility index (Phi) is 3.48. The number of rotatable bonds is 4. The van der Waals surface area contributed by atoms with Gasteiger partial charge in [-0.05, 0) is 18.9 Å². The molecule has 1 saturated carbocycles. The van der Waals surface area contributed by atoms with Crippen LogP contribution < -0.4 is 5.32 Å². The lowest BCUT2D eigenvalue weighted by atomic mass is 10.2. The van der Waals surface area contributed by atoms with Gasteiger partial charge in [-0.25, -0.2) is 4.98 Å². The number of pyridine rings is 1. The smallest absolute Gasteiger partial charge is 0.130 e. The van der Waals surface area contributed by atoms with Crippen molar-refractivity contribution in [3.63, 3.8) is 0 Å². The zero-order chi connectivity index (χ0) is 12.4. The Morgan fingerprint density at radius 3 is 2.72 bits per heavy atom. The maximum absolute atomic E-state index is 4.37. The van der Waals surface area contributed by atoms with Crippen molar-refractivity contribution in [2.45, 2.75) is 25.4 Å². The third-order valence-electron chi connectivity index (χ3n) is 3.99. The lowest BCUT2D eigenvalue weighted by Gasteiger charge is -2.35. The SMILES string of the molecule is CNc1ncccc1CN1CCN(C2CC2)CC1. The molecule has 0 bridgehead atoms. The topological polar surface area (TPSA) is 31.4 Å². The predicted octanol–water partition coefficient (Wildman–Crippen LogP) is 1.40. The van der Waals surface area contributed by atoms with Gasteiger partial charge in [0.25, 0.3) is 0 Å². The predicted molar refractivity (Wildman–Crippen MR) is 73.7 cm³/mol. The zero-order valence-electron chi connectivity index (χ0n) is 11.1. The molecule has 1 aromatic heterocycles. The zero-order valence-corrected chi connectivity index (χ0v) is 11.1. The fraction of sp³-hybridized carbons (Fsp3) is 0.643. The van der Waals surface area contributed by atoms with E-state index in [1.54, 1.807) is 0 Å². The molecule has 1 N–H and O–H groups in total. The van der Waals surface area contributed by atoms with E-state index in [1.807, 2.05) is 19.3 Å². The quantitative estimate of drug-likeness (QED) is 0.870. The molecule has 0 radical (unpaired) electrons. The van der Waals surface area contributed by atoms with Crippen molar-refractivity contribution in [3.8, 4) is 0 Å². The highest BCUT2D eigenvalue weighted by atomic mass is 15.3. The minimum Gasteiger partial charge on any atom is -0.373 e. The van der Waals surface area contributed by atoms with E-state index in [-0.39, 0.29) is 0 Å². The second-order valence-electron chi connectivity index (χ2n) is 5.30. The lowest BCUT2D eigenvalue weighted by molar-refractivity contribution is 0.121. The second-order valence-corrected chi connectivity index (χ2v) is 5.30. The van der Waals surface area contributed by atoms with Crippen molar-refractivity contribution in [3.05, 3.63) is 23.9 Å². The van der Waals surface area contributed by atoms with Crippen molar-refractivity contribution in [1.82, 2.24) is 14.8 Å². The summed E-state index contributed by atoms with van der Waals surface area (Å²) in [6, 6.07) is 5.11. The first-order chi connectivity index (χ1) is 8.86. The molecule has 1 saturated heterocycles. The van der Waals surface area contributed by atoms with Crippen LogP contribution in [0.2, 0.25) is 0 Å². The van der Waals surface area contributed by atoms with Gasteiger partial charge in [0, 0.05) is 57.6 Å². The molecular formula is C14H22N4. The van der Waals surface area contributed by atoms with Crippen LogP contribution in [-0.2, 0) is 6.54 Å². The molecule has 4 heteroatoms. The van der Waals surface area contributed by atoms with Crippen LogP contribution in [-0.4, -0.2) is 54.1 Å². The van der Waals surface area contributed by atoms with Crippen LogP contribution in [0.15, 0.2) is 18.3 Å². The summed E-state index contributed by atoms with van der Waals surface area (Å²) >= 11 is 0. The Balaban J connectivity index is 1.56. The first-order valence-corrected chi connectivity index (χ1v) is 6.95. The minimum absolute atomic E-state index is 0.915. The van der Waals surface area contributed by atoms with E-state index in [4.69, 9.17) is 0 Å². The largest absolute Gasteiger partial charge is 0.373 e. The Labute approximate surface area is 109 Å². The summed E-state index contributed by atoms with van der Waals surface area (Å²) in [5, 5.41) is 3.17. The minimum atomic E-state index is 0.915. The molecule has 2 fully saturated rings. The van der Waals surface area contributed by atoms with Crippen molar-refractivity contribution in [1.29, 1.82) is 0 Å². The van der Waals surface area contributed by atoms with Crippen LogP contribution in [0.3, 0.4) is 0 Å². The number of anilines is 1. The van der Waals surface area contributed by atoms with E-state index in [0.717, 1.165) is 18.4 Å². The van der Waals surface area contributed by atoms with E-state index < -0.39 is 0 Å². The molecule has 1 aliphatic carbocycles. The normalized spacial score (nSPS) is 22.1. The molecule has 3 rings (SSSR count). The summed E-state index contributed by atoms with van der Waals surface area (Å²) < 4.78 is 0. The number of nitrogens with zero attached hydrogens (tertiary/aromatic N) is 3. The molecule has 2 aliphatic rings. The average Bonchev–Trinajstić information content (AvgIpc) is 3.25. The number of aromatic nitrogens is 1. The van der Waals surface area contributed by atoms with Crippen molar-refractivity contribution >= 4 is 5.82 Å². The van der Waals surface area contributed by atoms with Gasteiger partial charge in [0.1, 0.15) is 5.82 Å². The molecule has 1 aromatic rings. The van der Waals surface area contributed by atoms with E-state index in [2.05, 4.69) is 26.2 Å². The molecule has 0 aromatic carbocycles. The van der Waals surface area contributed by atoms with Gasteiger partial charge in [-0.3, -0.25) is 9.80 Å². The second kappa shape index (κ2) is 5.24. The van der Waals surface area contributed by atoms with Crippen LogP contribution in [0.1, 0.15) is 18.4 Å². The van der Waals surface area contributed by atoms with Crippen molar-refractivity contribution < 1.29 is 0 Å². The van der Waals surface area contributed by atoms with Gasteiger partial charge in [-0.2, -0.15) is 0 Å². The molecule has 0 unspecified atom stereocenters. The molecule has 18 heavy (non-hydrogen) atoms. The molecule has 4 nitrogen and oxygen atoms in total. The van der Waals surface area contributed by atoms with E-state index >= 15 is 0 Å². The average molecular weight is 246 g/mol. The van der Waals surface area contributed by atoms with Crippen molar-refractivity contribution in [2.75, 3.05) is 38.5 Å². The third-order valence-corrected chi connectivity index (χ3v) is 3.99. The monoisotopic (exact) mass is 246 g/mol. The van der Waals surface area contributed by atoms with Gasteiger partial charge in [-0.15, -0.1) is 0 Å². The van der Waals surface area contributed by atoms with Crippen LogP contribution in [0.5, 0.6) is 0 Å². The van der Waals surface area contributed by atoms with Gasteiger partial charge < -0.3 is 5.32 Å². The van der Waals surface area contributed by atoms with Gasteiger partial charge >= 0.3 is 0 Å². The first-order valence-electron chi connectivity index (χ1n) is 6.95. The Hall–Kier alpha value is -1.13. The Morgan fingerprint density at radius 1 is 1.28 bits per heavy atom. The fourth-order valence-corrected chi connectivity index (χ4v) is 2.76. The molecule has 1 aliphatic heterocycles. The Morgan fingerprint density at radius 2 is 2.06 bits per heavy atom. The molecule has 2 heterocycles. The van der Waals surface area contributed by atoms with Gasteiger partial charge in [0.05, 0.1) is 0 Å². The van der Waals surface area contributed by atoms with Gasteiger partial charge in [0.15, 0.2) is 0 Å². The Bertz CT molecular complexity index is 395. The number of nitrogens with one attached hydrogen (secondary N) is 1. The highest BCUT2D eigenvalue weighted by Gasteiger charge is 2.31. The number of hydrogen-bond donors (Lipinski definition) is 1. The van der Waals surface area contributed by atoms with Crippen LogP contribution in [0.25, 0.3) is 0 Å². The lowest BCUT2D eigenvalue weighted by Crippen LogP contribution is -2.46. The molecule has 0 amide bonds. The van der Waals surface area contributed by atoms with Gasteiger partial charge in [-0.1, -0.05) is 6.07 Å². The summed E-state index contributed by atoms with van der Waals surface area (Å²) in [5.41, 5.74) is 1.31. The molecular weight excluding hydrogens is 224 g/mol. The van der Waals surface area contributed by atoms with E-state index in [0.29, 0.717) is 0 Å². The molecule has 0 atom stereocenters. The first kappa shape index (κ1) is 11.9. The van der Waals surface area contributed by atoms with Crippen LogP contribution in [0.4, 0.5) is 5.82 Å². The van der Waals surface area contributed by atoms with Gasteiger partial charge in [0.2, 0.25) is 0 Å². The number of hydrogen-bond acceptors (Lipinski definition) is 4. The maximum Gasteiger partial charge on any atom is 0.130 e. The highest BCUT2D eigenvalue weighted by molar-refractivity contribution is 5.42. The standard InChI is InChI=1S/C14H22N4/c1-15-14-12(3-2-6-16-14)11-17-7-9-18(10-8-17)13-4-5-13/h2-3,6,13H,4-5,7-11H2,1H3,(H,15,16). The molecule has 0 spiro atoms. The molecule has 98 valence electrons. The maximum atomic E-state index is 4.37. The van der Waals surface area contributed by atoms with Crippen LogP contribution in [0, 0.1) is 0 Å². The van der Waals surface area contributed by atoms with E-state index in [9.17, 15) is 0 Å². The van der Waals surface area contributed by atoms with Crippen LogP contribution >= 0.6 is 0 Å². The summed E-state index contributed by atoms with van der Waals surface area (Å²) in [6.45, 7) is 5.87.